The minimum Gasteiger partial charge on any atom is -0.481 e. The predicted octanol–water partition coefficient (Wildman–Crippen LogP) is 1.92. The molecule has 0 spiro atoms. The van der Waals surface area contributed by atoms with Crippen LogP contribution in [0.2, 0.25) is 5.15 Å². The Balaban J connectivity index is 1.93. The van der Waals surface area contributed by atoms with Gasteiger partial charge in [-0.05, 0) is 12.1 Å². The molecule has 0 fully saturated rings. The van der Waals surface area contributed by atoms with E-state index in [1.807, 2.05) is 0 Å². The van der Waals surface area contributed by atoms with Crippen molar-refractivity contribution in [3.63, 3.8) is 0 Å². The van der Waals surface area contributed by atoms with Crippen molar-refractivity contribution in [3.8, 4) is 0 Å². The van der Waals surface area contributed by atoms with Crippen molar-refractivity contribution in [1.82, 2.24) is 20.3 Å². The molecule has 0 saturated carbocycles. The first-order chi connectivity index (χ1) is 13.4. The van der Waals surface area contributed by atoms with Gasteiger partial charge in [0.2, 0.25) is 5.91 Å². The summed E-state index contributed by atoms with van der Waals surface area (Å²) in [5.41, 5.74) is 0.357. The Hall–Kier alpha value is -2.85. The van der Waals surface area contributed by atoms with E-state index in [-0.39, 0.29) is 54.3 Å². The molecule has 2 heterocycles. The first-order valence-corrected chi connectivity index (χ1v) is 8.83. The Bertz CT molecular complexity index is 838. The maximum absolute atomic E-state index is 13.7. The van der Waals surface area contributed by atoms with Crippen LogP contribution < -0.4 is 16.0 Å². The summed E-state index contributed by atoms with van der Waals surface area (Å²) in [5, 5.41) is 17.2. The average Bonchev–Trinajstić information content (AvgIpc) is 2.66. The van der Waals surface area contributed by atoms with Gasteiger partial charge < -0.3 is 21.1 Å². The number of carboxylic acid groups (broad SMARTS) is 1. The standard InChI is InChI=1S/C17H20ClFN6O3/c1-10(17(27)28)7-20-6-4-13(26)25-14-15(18)23-9-24-16(14)22-8-12-11(19)3-2-5-21-12/h2-3,5,9-10,20H,4,6-8H2,1H3,(H,25,26)(H,27,28)(H,22,23,24)/t10-/m0/s1. The summed E-state index contributed by atoms with van der Waals surface area (Å²) >= 11 is 6.05. The second-order valence-corrected chi connectivity index (χ2v) is 6.27. The molecule has 28 heavy (non-hydrogen) atoms. The minimum absolute atomic E-state index is 0.0276. The monoisotopic (exact) mass is 410 g/mol. The lowest BCUT2D eigenvalue weighted by Gasteiger charge is -2.13. The Morgan fingerprint density at radius 1 is 1.32 bits per heavy atom. The molecule has 0 unspecified atom stereocenters. The largest absolute Gasteiger partial charge is 0.481 e. The fourth-order valence-electron chi connectivity index (χ4n) is 2.13. The summed E-state index contributed by atoms with van der Waals surface area (Å²) in [4.78, 5) is 34.7. The normalized spacial score (nSPS) is 11.7. The molecule has 0 aliphatic rings. The van der Waals surface area contributed by atoms with Crippen LogP contribution in [-0.2, 0) is 16.1 Å². The van der Waals surface area contributed by atoms with E-state index in [1.54, 1.807) is 6.92 Å². The van der Waals surface area contributed by atoms with Crippen LogP contribution in [0.15, 0.2) is 24.7 Å². The molecule has 1 atom stereocenters. The fourth-order valence-corrected chi connectivity index (χ4v) is 2.31. The van der Waals surface area contributed by atoms with Crippen molar-refractivity contribution in [2.24, 2.45) is 5.92 Å². The molecule has 2 aromatic heterocycles. The van der Waals surface area contributed by atoms with Gasteiger partial charge in [0, 0.05) is 25.7 Å². The number of nitrogens with zero attached hydrogens (tertiary/aromatic N) is 3. The van der Waals surface area contributed by atoms with Crippen molar-refractivity contribution < 1.29 is 19.1 Å². The lowest BCUT2D eigenvalue weighted by Crippen LogP contribution is -2.29. The van der Waals surface area contributed by atoms with Gasteiger partial charge in [-0.15, -0.1) is 0 Å². The van der Waals surface area contributed by atoms with Crippen molar-refractivity contribution in [2.45, 2.75) is 19.9 Å². The number of nitrogens with one attached hydrogen (secondary N) is 3. The number of hydrogen-bond acceptors (Lipinski definition) is 7. The molecular formula is C17H20ClFN6O3. The molecule has 9 nitrogen and oxygen atoms in total. The topological polar surface area (TPSA) is 129 Å². The van der Waals surface area contributed by atoms with Crippen LogP contribution in [-0.4, -0.2) is 45.0 Å². The highest BCUT2D eigenvalue weighted by Crippen LogP contribution is 2.26. The van der Waals surface area contributed by atoms with Gasteiger partial charge >= 0.3 is 5.97 Å². The maximum atomic E-state index is 13.7. The van der Waals surface area contributed by atoms with Crippen LogP contribution in [0, 0.1) is 11.7 Å². The molecule has 0 radical (unpaired) electrons. The molecule has 2 aromatic rings. The van der Waals surface area contributed by atoms with E-state index >= 15 is 0 Å². The quantitative estimate of drug-likeness (QED) is 0.345. The van der Waals surface area contributed by atoms with Crippen LogP contribution in [0.3, 0.4) is 0 Å². The van der Waals surface area contributed by atoms with Crippen LogP contribution in [0.25, 0.3) is 0 Å². The van der Waals surface area contributed by atoms with Gasteiger partial charge in [0.05, 0.1) is 18.2 Å². The molecule has 0 aromatic carbocycles. The number of carbonyl (C=O) groups is 2. The van der Waals surface area contributed by atoms with Crippen molar-refractivity contribution in [1.29, 1.82) is 0 Å². The Morgan fingerprint density at radius 2 is 2.11 bits per heavy atom. The Labute approximate surface area is 165 Å². The van der Waals surface area contributed by atoms with Crippen molar-refractivity contribution in [2.75, 3.05) is 23.7 Å². The molecule has 0 saturated heterocycles. The van der Waals surface area contributed by atoms with Crippen LogP contribution in [0.1, 0.15) is 19.0 Å². The summed E-state index contributed by atoms with van der Waals surface area (Å²) < 4.78 is 13.7. The van der Waals surface area contributed by atoms with Gasteiger partial charge in [0.25, 0.3) is 0 Å². The third-order valence-corrected chi connectivity index (χ3v) is 4.01. The van der Waals surface area contributed by atoms with Crippen LogP contribution in [0.5, 0.6) is 0 Å². The first-order valence-electron chi connectivity index (χ1n) is 8.45. The predicted molar refractivity (Wildman–Crippen MR) is 101 cm³/mol. The summed E-state index contributed by atoms with van der Waals surface area (Å²) in [6, 6.07) is 2.77. The number of pyridine rings is 1. The van der Waals surface area contributed by atoms with E-state index in [0.717, 1.165) is 0 Å². The molecule has 0 aliphatic carbocycles. The summed E-state index contributed by atoms with van der Waals surface area (Å²) in [6.45, 7) is 2.15. The van der Waals surface area contributed by atoms with Gasteiger partial charge in [-0.2, -0.15) is 0 Å². The first kappa shape index (κ1) is 21.5. The minimum atomic E-state index is -0.912. The number of carboxylic acids is 1. The summed E-state index contributed by atoms with van der Waals surface area (Å²) in [6.07, 6.45) is 2.77. The second-order valence-electron chi connectivity index (χ2n) is 5.92. The van der Waals surface area contributed by atoms with Crippen LogP contribution >= 0.6 is 11.6 Å². The van der Waals surface area contributed by atoms with E-state index in [4.69, 9.17) is 16.7 Å². The van der Waals surface area contributed by atoms with E-state index in [0.29, 0.717) is 0 Å². The lowest BCUT2D eigenvalue weighted by atomic mass is 10.2. The van der Waals surface area contributed by atoms with Crippen LogP contribution in [0.4, 0.5) is 15.9 Å². The number of halogens is 2. The number of rotatable bonds is 10. The molecule has 150 valence electrons. The number of carbonyl (C=O) groups excluding carboxylic acids is 1. The van der Waals surface area contributed by atoms with Gasteiger partial charge in [0.15, 0.2) is 11.0 Å². The number of aromatic nitrogens is 3. The molecule has 1 amide bonds. The Kier molecular flexibility index (Phi) is 8.02. The molecule has 4 N–H and O–H groups in total. The third-order valence-electron chi connectivity index (χ3n) is 3.72. The zero-order valence-corrected chi connectivity index (χ0v) is 15.8. The number of amides is 1. The fraction of sp³-hybridized carbons (Fsp3) is 0.353. The molecular weight excluding hydrogens is 391 g/mol. The Morgan fingerprint density at radius 3 is 2.82 bits per heavy atom. The second kappa shape index (κ2) is 10.5. The number of aliphatic carboxylic acids is 1. The van der Waals surface area contributed by atoms with Crippen molar-refractivity contribution >= 4 is 35.0 Å². The van der Waals surface area contributed by atoms with Crippen molar-refractivity contribution in [3.05, 3.63) is 41.3 Å². The molecule has 2 rings (SSSR count). The van der Waals surface area contributed by atoms with E-state index in [1.165, 1.54) is 24.7 Å². The van der Waals surface area contributed by atoms with Gasteiger partial charge in [-0.1, -0.05) is 18.5 Å². The number of hydrogen-bond donors (Lipinski definition) is 4. The average molecular weight is 411 g/mol. The molecule has 0 bridgehead atoms. The smallest absolute Gasteiger partial charge is 0.307 e. The highest BCUT2D eigenvalue weighted by Gasteiger charge is 2.15. The van der Waals surface area contributed by atoms with Gasteiger partial charge in [0.1, 0.15) is 17.8 Å². The highest BCUT2D eigenvalue weighted by atomic mass is 35.5. The SMILES string of the molecule is C[C@@H](CNCCC(=O)Nc1c(Cl)ncnc1NCc1ncccc1F)C(=O)O. The number of anilines is 2. The van der Waals surface area contributed by atoms with E-state index in [9.17, 15) is 14.0 Å². The molecule has 11 heteroatoms. The van der Waals surface area contributed by atoms with Gasteiger partial charge in [-0.25, -0.2) is 14.4 Å². The maximum Gasteiger partial charge on any atom is 0.307 e. The summed E-state index contributed by atoms with van der Waals surface area (Å²) in [5.74, 6) is -2.07. The lowest BCUT2D eigenvalue weighted by molar-refractivity contribution is -0.140. The zero-order chi connectivity index (χ0) is 20.5. The molecule has 0 aliphatic heterocycles. The third kappa shape index (κ3) is 6.39. The van der Waals surface area contributed by atoms with Gasteiger partial charge in [-0.3, -0.25) is 14.6 Å². The zero-order valence-electron chi connectivity index (χ0n) is 15.1. The van der Waals surface area contributed by atoms with E-state index < -0.39 is 17.7 Å². The summed E-state index contributed by atoms with van der Waals surface area (Å²) in [7, 11) is 0. The highest BCUT2D eigenvalue weighted by molar-refractivity contribution is 6.33. The van der Waals surface area contributed by atoms with E-state index in [2.05, 4.69) is 30.9 Å².